The number of esters is 1. The lowest BCUT2D eigenvalue weighted by atomic mass is 10.0. The normalized spacial score (nSPS) is 17.7. The van der Waals surface area contributed by atoms with Crippen LogP contribution in [-0.4, -0.2) is 33.2 Å². The summed E-state index contributed by atoms with van der Waals surface area (Å²) in [4.78, 5) is 16.3. The van der Waals surface area contributed by atoms with Gasteiger partial charge in [-0.25, -0.2) is 4.98 Å². The van der Waals surface area contributed by atoms with Crippen molar-refractivity contribution in [2.45, 2.75) is 32.2 Å². The minimum absolute atomic E-state index is 0.0538. The molecule has 1 aromatic heterocycles. The molecule has 1 aliphatic rings. The van der Waals surface area contributed by atoms with E-state index in [-0.39, 0.29) is 17.7 Å². The molecule has 0 fully saturated rings. The molecule has 1 aromatic carbocycles. The van der Waals surface area contributed by atoms with E-state index in [2.05, 4.69) is 14.7 Å². The summed E-state index contributed by atoms with van der Waals surface area (Å²) in [6, 6.07) is 5.49. The molecule has 2 heterocycles. The number of aryl methyl sites for hydroxylation is 1. The summed E-state index contributed by atoms with van der Waals surface area (Å²) in [5.41, 5.74) is 8.01. The first kappa shape index (κ1) is 14.4. The number of oxime groups is 1. The maximum atomic E-state index is 11.7. The Morgan fingerprint density at radius 1 is 1.59 bits per heavy atom. The molecule has 0 saturated carbocycles. The van der Waals surface area contributed by atoms with Gasteiger partial charge in [-0.3, -0.25) is 4.79 Å². The van der Waals surface area contributed by atoms with E-state index in [1.54, 1.807) is 19.1 Å². The Kier molecular flexibility index (Phi) is 3.70. The van der Waals surface area contributed by atoms with E-state index < -0.39 is 0 Å². The van der Waals surface area contributed by atoms with Crippen molar-refractivity contribution in [3.8, 4) is 0 Å². The van der Waals surface area contributed by atoms with Crippen molar-refractivity contribution in [2.75, 3.05) is 6.61 Å². The largest absolute Gasteiger partial charge is 0.466 e. The first-order valence-corrected chi connectivity index (χ1v) is 7.27. The lowest BCUT2D eigenvalue weighted by Gasteiger charge is -2.06. The SMILES string of the molecule is CCOC(=O)CC1CCn2c1nc1cc(/C(N)=N/O)ccc12. The van der Waals surface area contributed by atoms with Crippen LogP contribution in [-0.2, 0) is 16.1 Å². The third kappa shape index (κ3) is 2.38. The van der Waals surface area contributed by atoms with Gasteiger partial charge in [0, 0.05) is 18.0 Å². The van der Waals surface area contributed by atoms with Gasteiger partial charge in [0.15, 0.2) is 5.84 Å². The Morgan fingerprint density at radius 2 is 2.41 bits per heavy atom. The predicted octanol–water partition coefficient (Wildman–Crippen LogP) is 1.57. The van der Waals surface area contributed by atoms with Crippen LogP contribution in [0.15, 0.2) is 23.4 Å². The zero-order valence-electron chi connectivity index (χ0n) is 12.3. The lowest BCUT2D eigenvalue weighted by molar-refractivity contribution is -0.143. The van der Waals surface area contributed by atoms with Crippen molar-refractivity contribution >= 4 is 22.8 Å². The van der Waals surface area contributed by atoms with Gasteiger partial charge in [0.2, 0.25) is 0 Å². The van der Waals surface area contributed by atoms with E-state index in [1.807, 2.05) is 6.07 Å². The zero-order chi connectivity index (χ0) is 15.7. The maximum absolute atomic E-state index is 11.7. The van der Waals surface area contributed by atoms with Gasteiger partial charge in [0.05, 0.1) is 24.1 Å². The summed E-state index contributed by atoms with van der Waals surface area (Å²) >= 11 is 0. The predicted molar refractivity (Wildman–Crippen MR) is 80.9 cm³/mol. The van der Waals surface area contributed by atoms with Gasteiger partial charge < -0.3 is 20.2 Å². The summed E-state index contributed by atoms with van der Waals surface area (Å²) in [5.74, 6) is 0.849. The van der Waals surface area contributed by atoms with Gasteiger partial charge in [-0.05, 0) is 31.5 Å². The van der Waals surface area contributed by atoms with Crippen LogP contribution in [0.4, 0.5) is 0 Å². The van der Waals surface area contributed by atoms with E-state index in [4.69, 9.17) is 15.7 Å². The lowest BCUT2D eigenvalue weighted by Crippen LogP contribution is -2.12. The van der Waals surface area contributed by atoms with Crippen LogP contribution in [0.2, 0.25) is 0 Å². The second kappa shape index (κ2) is 5.67. The first-order valence-electron chi connectivity index (χ1n) is 7.27. The smallest absolute Gasteiger partial charge is 0.306 e. The fraction of sp³-hybridized carbons (Fsp3) is 0.400. The molecule has 3 rings (SSSR count). The molecular formula is C15H18N4O3. The number of amidine groups is 1. The van der Waals surface area contributed by atoms with Gasteiger partial charge in [-0.2, -0.15) is 0 Å². The second-order valence-electron chi connectivity index (χ2n) is 5.31. The highest BCUT2D eigenvalue weighted by atomic mass is 16.5. The highest BCUT2D eigenvalue weighted by Gasteiger charge is 2.29. The third-order valence-corrected chi connectivity index (χ3v) is 3.97. The van der Waals surface area contributed by atoms with E-state index in [9.17, 15) is 4.79 Å². The minimum Gasteiger partial charge on any atom is -0.466 e. The molecule has 0 aliphatic carbocycles. The number of hydrogen-bond donors (Lipinski definition) is 2. The number of hydrogen-bond acceptors (Lipinski definition) is 5. The summed E-state index contributed by atoms with van der Waals surface area (Å²) in [5, 5.41) is 11.8. The fourth-order valence-electron chi connectivity index (χ4n) is 2.94. The molecule has 0 radical (unpaired) electrons. The summed E-state index contributed by atoms with van der Waals surface area (Å²) in [7, 11) is 0. The standard InChI is InChI=1S/C15H18N4O3/c1-2-22-13(20)8-10-5-6-19-12-4-3-9(14(16)18-21)7-11(12)17-15(10)19/h3-4,7,10,21H,2,5-6,8H2,1H3,(H2,16,18). The highest BCUT2D eigenvalue weighted by molar-refractivity contribution is 5.99. The highest BCUT2D eigenvalue weighted by Crippen LogP contribution is 2.34. The molecule has 7 heteroatoms. The average Bonchev–Trinajstić information content (AvgIpc) is 3.06. The van der Waals surface area contributed by atoms with Crippen LogP contribution >= 0.6 is 0 Å². The van der Waals surface area contributed by atoms with Crippen molar-refractivity contribution in [1.82, 2.24) is 9.55 Å². The number of fused-ring (bicyclic) bond motifs is 3. The number of benzene rings is 1. The minimum atomic E-state index is -0.189. The van der Waals surface area contributed by atoms with Crippen LogP contribution in [0.25, 0.3) is 11.0 Å². The van der Waals surface area contributed by atoms with Gasteiger partial charge in [-0.1, -0.05) is 5.16 Å². The Balaban J connectivity index is 1.93. The van der Waals surface area contributed by atoms with Crippen molar-refractivity contribution in [2.24, 2.45) is 10.9 Å². The summed E-state index contributed by atoms with van der Waals surface area (Å²) in [6.07, 6.45) is 1.24. The summed E-state index contributed by atoms with van der Waals surface area (Å²) in [6.45, 7) is 3.03. The molecule has 0 spiro atoms. The molecular weight excluding hydrogens is 284 g/mol. The number of imidazole rings is 1. The molecule has 0 bridgehead atoms. The number of ether oxygens (including phenoxy) is 1. The van der Waals surface area contributed by atoms with Crippen LogP contribution < -0.4 is 5.73 Å². The summed E-state index contributed by atoms with van der Waals surface area (Å²) < 4.78 is 7.14. The van der Waals surface area contributed by atoms with E-state index >= 15 is 0 Å². The fourth-order valence-corrected chi connectivity index (χ4v) is 2.94. The molecule has 7 nitrogen and oxygen atoms in total. The molecule has 1 unspecified atom stereocenters. The number of carbonyl (C=O) groups is 1. The van der Waals surface area contributed by atoms with E-state index in [1.165, 1.54) is 0 Å². The molecule has 22 heavy (non-hydrogen) atoms. The molecule has 0 saturated heterocycles. The Hall–Kier alpha value is -2.57. The molecule has 3 N–H and O–H groups in total. The van der Waals surface area contributed by atoms with Crippen molar-refractivity contribution < 1.29 is 14.7 Å². The Morgan fingerprint density at radius 3 is 3.14 bits per heavy atom. The third-order valence-electron chi connectivity index (χ3n) is 3.97. The quantitative estimate of drug-likeness (QED) is 0.293. The van der Waals surface area contributed by atoms with Crippen molar-refractivity contribution in [1.29, 1.82) is 0 Å². The van der Waals surface area contributed by atoms with Crippen LogP contribution in [0, 0.1) is 0 Å². The van der Waals surface area contributed by atoms with Crippen LogP contribution in [0.1, 0.15) is 37.1 Å². The van der Waals surface area contributed by atoms with Gasteiger partial charge >= 0.3 is 5.97 Å². The van der Waals surface area contributed by atoms with Gasteiger partial charge in [-0.15, -0.1) is 0 Å². The number of aromatic nitrogens is 2. The number of carbonyl (C=O) groups excluding carboxylic acids is 1. The second-order valence-corrected chi connectivity index (χ2v) is 5.31. The van der Waals surface area contributed by atoms with Crippen molar-refractivity contribution in [3.63, 3.8) is 0 Å². The molecule has 2 aromatic rings. The van der Waals surface area contributed by atoms with Gasteiger partial charge in [0.25, 0.3) is 0 Å². The number of rotatable bonds is 4. The Bertz CT molecular complexity index is 751. The molecule has 116 valence electrons. The maximum Gasteiger partial charge on any atom is 0.306 e. The van der Waals surface area contributed by atoms with Gasteiger partial charge in [0.1, 0.15) is 5.82 Å². The monoisotopic (exact) mass is 302 g/mol. The zero-order valence-corrected chi connectivity index (χ0v) is 12.3. The number of nitrogens with two attached hydrogens (primary N) is 1. The molecule has 1 aliphatic heterocycles. The van der Waals surface area contributed by atoms with Crippen LogP contribution in [0.5, 0.6) is 0 Å². The first-order chi connectivity index (χ1) is 10.6. The topological polar surface area (TPSA) is 103 Å². The average molecular weight is 302 g/mol. The molecule has 0 amide bonds. The van der Waals surface area contributed by atoms with E-state index in [0.29, 0.717) is 18.6 Å². The molecule has 1 atom stereocenters. The Labute approximate surface area is 127 Å². The van der Waals surface area contributed by atoms with E-state index in [0.717, 1.165) is 29.8 Å². The number of nitrogens with zero attached hydrogens (tertiary/aromatic N) is 3. The van der Waals surface area contributed by atoms with Crippen LogP contribution in [0.3, 0.4) is 0 Å². The van der Waals surface area contributed by atoms with Crippen molar-refractivity contribution in [3.05, 3.63) is 29.6 Å².